The second-order valence-electron chi connectivity index (χ2n) is 4.96. The van der Waals surface area contributed by atoms with Gasteiger partial charge >= 0.3 is 0 Å². The zero-order valence-corrected chi connectivity index (χ0v) is 11.2. The average molecular weight is 220 g/mol. The SMILES string of the molecule is Cc1ccc(CNC(C)CN(C)C)cc1C. The van der Waals surface area contributed by atoms with Gasteiger partial charge in [0, 0.05) is 19.1 Å². The number of nitrogens with zero attached hydrogens (tertiary/aromatic N) is 1. The van der Waals surface area contributed by atoms with Gasteiger partial charge < -0.3 is 10.2 Å². The van der Waals surface area contributed by atoms with Crippen molar-refractivity contribution in [3.8, 4) is 0 Å². The number of hydrogen-bond donors (Lipinski definition) is 1. The predicted octanol–water partition coefficient (Wildman–Crippen LogP) is 2.34. The molecule has 0 spiro atoms. The smallest absolute Gasteiger partial charge is 0.0208 e. The number of aryl methyl sites for hydroxylation is 2. The van der Waals surface area contributed by atoms with Gasteiger partial charge in [-0.15, -0.1) is 0 Å². The largest absolute Gasteiger partial charge is 0.309 e. The van der Waals surface area contributed by atoms with Crippen LogP contribution in [0.5, 0.6) is 0 Å². The van der Waals surface area contributed by atoms with Gasteiger partial charge in [-0.05, 0) is 51.6 Å². The Bertz CT molecular complexity index is 332. The Morgan fingerprint density at radius 3 is 2.44 bits per heavy atom. The first-order chi connectivity index (χ1) is 7.49. The zero-order valence-electron chi connectivity index (χ0n) is 11.2. The van der Waals surface area contributed by atoms with Crippen molar-refractivity contribution >= 4 is 0 Å². The van der Waals surface area contributed by atoms with Gasteiger partial charge in [0.05, 0.1) is 0 Å². The molecule has 16 heavy (non-hydrogen) atoms. The monoisotopic (exact) mass is 220 g/mol. The van der Waals surface area contributed by atoms with Crippen molar-refractivity contribution in [1.29, 1.82) is 0 Å². The fourth-order valence-corrected chi connectivity index (χ4v) is 1.82. The van der Waals surface area contributed by atoms with Crippen molar-refractivity contribution in [3.63, 3.8) is 0 Å². The molecule has 0 amide bonds. The van der Waals surface area contributed by atoms with Crippen LogP contribution >= 0.6 is 0 Å². The molecule has 1 unspecified atom stereocenters. The average Bonchev–Trinajstić information content (AvgIpc) is 2.19. The molecule has 1 aromatic rings. The van der Waals surface area contributed by atoms with Crippen LogP contribution in [-0.2, 0) is 6.54 Å². The molecule has 0 heterocycles. The molecular formula is C14H24N2. The van der Waals surface area contributed by atoms with Crippen LogP contribution < -0.4 is 5.32 Å². The Kier molecular flexibility index (Phi) is 4.97. The number of rotatable bonds is 5. The van der Waals surface area contributed by atoms with Crippen LogP contribution in [0.25, 0.3) is 0 Å². The number of nitrogens with one attached hydrogen (secondary N) is 1. The van der Waals surface area contributed by atoms with E-state index in [-0.39, 0.29) is 0 Å². The number of likely N-dealkylation sites (N-methyl/N-ethyl adjacent to an activating group) is 1. The van der Waals surface area contributed by atoms with E-state index < -0.39 is 0 Å². The fourth-order valence-electron chi connectivity index (χ4n) is 1.82. The first-order valence-corrected chi connectivity index (χ1v) is 5.93. The van der Waals surface area contributed by atoms with Crippen LogP contribution in [0, 0.1) is 13.8 Å². The van der Waals surface area contributed by atoms with Crippen LogP contribution in [0.2, 0.25) is 0 Å². The van der Waals surface area contributed by atoms with E-state index in [1.807, 2.05) is 0 Å². The lowest BCUT2D eigenvalue weighted by molar-refractivity contribution is 0.349. The van der Waals surface area contributed by atoms with Crippen molar-refractivity contribution in [1.82, 2.24) is 10.2 Å². The quantitative estimate of drug-likeness (QED) is 0.819. The highest BCUT2D eigenvalue weighted by Gasteiger charge is 2.03. The third kappa shape index (κ3) is 4.33. The number of hydrogen-bond acceptors (Lipinski definition) is 2. The molecule has 1 rings (SSSR count). The molecule has 0 aliphatic rings. The highest BCUT2D eigenvalue weighted by molar-refractivity contribution is 5.29. The first kappa shape index (κ1) is 13.2. The Labute approximate surface area is 99.7 Å². The van der Waals surface area contributed by atoms with E-state index >= 15 is 0 Å². The summed E-state index contributed by atoms with van der Waals surface area (Å²) in [6, 6.07) is 7.20. The van der Waals surface area contributed by atoms with Crippen molar-refractivity contribution in [2.45, 2.75) is 33.4 Å². The molecule has 0 saturated heterocycles. The second kappa shape index (κ2) is 6.02. The molecule has 90 valence electrons. The molecule has 0 aliphatic carbocycles. The molecule has 2 nitrogen and oxygen atoms in total. The van der Waals surface area contributed by atoms with E-state index in [0.717, 1.165) is 13.1 Å². The summed E-state index contributed by atoms with van der Waals surface area (Å²) in [7, 11) is 4.21. The van der Waals surface area contributed by atoms with E-state index in [1.165, 1.54) is 16.7 Å². The topological polar surface area (TPSA) is 15.3 Å². The molecule has 0 fully saturated rings. The molecule has 0 bridgehead atoms. The molecule has 0 radical (unpaired) electrons. The van der Waals surface area contributed by atoms with Crippen LogP contribution in [0.4, 0.5) is 0 Å². The molecule has 1 atom stereocenters. The highest BCUT2D eigenvalue weighted by Crippen LogP contribution is 2.09. The minimum atomic E-state index is 0.525. The van der Waals surface area contributed by atoms with Crippen LogP contribution in [0.3, 0.4) is 0 Å². The van der Waals surface area contributed by atoms with Gasteiger partial charge in [-0.25, -0.2) is 0 Å². The Hall–Kier alpha value is -0.860. The molecular weight excluding hydrogens is 196 g/mol. The van der Waals surface area contributed by atoms with E-state index in [0.29, 0.717) is 6.04 Å². The van der Waals surface area contributed by atoms with Gasteiger partial charge in [0.1, 0.15) is 0 Å². The van der Waals surface area contributed by atoms with Gasteiger partial charge in [-0.2, -0.15) is 0 Å². The third-order valence-corrected chi connectivity index (χ3v) is 2.86. The summed E-state index contributed by atoms with van der Waals surface area (Å²) in [5.74, 6) is 0. The summed E-state index contributed by atoms with van der Waals surface area (Å²) in [5, 5.41) is 3.54. The molecule has 1 aromatic carbocycles. The molecule has 1 N–H and O–H groups in total. The van der Waals surface area contributed by atoms with Gasteiger partial charge in [-0.3, -0.25) is 0 Å². The van der Waals surface area contributed by atoms with Crippen LogP contribution in [0.15, 0.2) is 18.2 Å². The Morgan fingerprint density at radius 1 is 1.19 bits per heavy atom. The fraction of sp³-hybridized carbons (Fsp3) is 0.571. The van der Waals surface area contributed by atoms with Gasteiger partial charge in [-0.1, -0.05) is 18.2 Å². The van der Waals surface area contributed by atoms with Gasteiger partial charge in [0.25, 0.3) is 0 Å². The maximum absolute atomic E-state index is 3.54. The maximum Gasteiger partial charge on any atom is 0.0208 e. The summed E-state index contributed by atoms with van der Waals surface area (Å²) in [6.07, 6.45) is 0. The van der Waals surface area contributed by atoms with E-state index in [4.69, 9.17) is 0 Å². The van der Waals surface area contributed by atoms with Crippen molar-refractivity contribution in [2.75, 3.05) is 20.6 Å². The summed E-state index contributed by atoms with van der Waals surface area (Å²) < 4.78 is 0. The normalized spacial score (nSPS) is 13.1. The predicted molar refractivity (Wildman–Crippen MR) is 70.8 cm³/mol. The minimum Gasteiger partial charge on any atom is -0.309 e. The van der Waals surface area contributed by atoms with E-state index in [2.05, 4.69) is 63.3 Å². The summed E-state index contributed by atoms with van der Waals surface area (Å²) in [4.78, 5) is 2.21. The summed E-state index contributed by atoms with van der Waals surface area (Å²) in [6.45, 7) is 8.57. The van der Waals surface area contributed by atoms with Crippen molar-refractivity contribution < 1.29 is 0 Å². The lowest BCUT2D eigenvalue weighted by Gasteiger charge is -2.18. The molecule has 0 saturated carbocycles. The molecule has 2 heteroatoms. The Morgan fingerprint density at radius 2 is 1.88 bits per heavy atom. The third-order valence-electron chi connectivity index (χ3n) is 2.86. The minimum absolute atomic E-state index is 0.525. The zero-order chi connectivity index (χ0) is 12.1. The maximum atomic E-state index is 3.54. The van der Waals surface area contributed by atoms with E-state index in [1.54, 1.807) is 0 Å². The van der Waals surface area contributed by atoms with Crippen molar-refractivity contribution in [3.05, 3.63) is 34.9 Å². The molecule has 0 aromatic heterocycles. The lowest BCUT2D eigenvalue weighted by Crippen LogP contribution is -2.35. The summed E-state index contributed by atoms with van der Waals surface area (Å²) in [5.41, 5.74) is 4.11. The van der Waals surface area contributed by atoms with Crippen LogP contribution in [0.1, 0.15) is 23.6 Å². The molecule has 0 aliphatic heterocycles. The van der Waals surface area contributed by atoms with Crippen LogP contribution in [-0.4, -0.2) is 31.6 Å². The second-order valence-corrected chi connectivity index (χ2v) is 4.96. The van der Waals surface area contributed by atoms with Crippen molar-refractivity contribution in [2.24, 2.45) is 0 Å². The number of benzene rings is 1. The first-order valence-electron chi connectivity index (χ1n) is 5.93. The summed E-state index contributed by atoms with van der Waals surface area (Å²) >= 11 is 0. The highest BCUT2D eigenvalue weighted by atomic mass is 15.1. The van der Waals surface area contributed by atoms with Gasteiger partial charge in [0.2, 0.25) is 0 Å². The lowest BCUT2D eigenvalue weighted by atomic mass is 10.1. The Balaban J connectivity index is 2.45. The standard InChI is InChI=1S/C14H24N2/c1-11-6-7-14(8-12(11)2)9-15-13(3)10-16(4)5/h6-8,13,15H,9-10H2,1-5H3. The van der Waals surface area contributed by atoms with Gasteiger partial charge in [0.15, 0.2) is 0 Å². The van der Waals surface area contributed by atoms with E-state index in [9.17, 15) is 0 Å².